The standard InChI is InChI=1S/C26H32Cl2N4O5.C24H24Cl2O7/c1-3-5-11-35-25(33)21-13-17(7-9-19(21)23(29)31-15-27)37-18-8-10-20(24(30)32-16-28)22(14-18)26(34)36-12-6-4-2;1-3-5-7-14-15(8-6-4-2)20(22(26)28)18(24(31)32)12-19(14)33-13-9-10-16(21(25)27)17(11-13)23(29)30/h7-10,13-14H,3-6,11-12,15-16H2,1-2H3,(H2,29,31)(H2,30,32);9-12H,3-8H2,1-2H3,(H,29,30)(H,31,32). The van der Waals surface area contributed by atoms with E-state index in [1.165, 1.54) is 30.3 Å². The first-order chi connectivity index (χ1) is 33.5. The lowest BCUT2D eigenvalue weighted by atomic mass is 9.89. The second-order valence-corrected chi connectivity index (χ2v) is 16.4. The van der Waals surface area contributed by atoms with Gasteiger partial charge in [-0.1, -0.05) is 53.4 Å². The Morgan fingerprint density at radius 3 is 1.33 bits per heavy atom. The molecule has 6 N–H and O–H groups in total. The van der Waals surface area contributed by atoms with Gasteiger partial charge in [-0.2, -0.15) is 0 Å². The number of alkyl halides is 2. The molecule has 0 heterocycles. The molecule has 0 amide bonds. The smallest absolute Gasteiger partial charge is 0.339 e. The number of amidine groups is 2. The zero-order valence-electron chi connectivity index (χ0n) is 39.2. The van der Waals surface area contributed by atoms with Crippen LogP contribution < -0.4 is 20.9 Å². The van der Waals surface area contributed by atoms with Crippen molar-refractivity contribution in [1.82, 2.24) is 0 Å². The summed E-state index contributed by atoms with van der Waals surface area (Å²) in [7, 11) is 0. The average Bonchev–Trinajstić information content (AvgIpc) is 3.32. The Morgan fingerprint density at radius 1 is 0.514 bits per heavy atom. The molecule has 0 fully saturated rings. The summed E-state index contributed by atoms with van der Waals surface area (Å²) < 4.78 is 22.7. The Kier molecular flexibility index (Phi) is 24.7. The van der Waals surface area contributed by atoms with Gasteiger partial charge in [0.15, 0.2) is 0 Å². The number of nitrogens with zero attached hydrogens (tertiary/aromatic N) is 2. The first kappa shape index (κ1) is 58.1. The van der Waals surface area contributed by atoms with Gasteiger partial charge in [-0.05, 0) is 134 Å². The molecule has 0 saturated carbocycles. The molecule has 20 heteroatoms. The minimum Gasteiger partial charge on any atom is -0.478 e. The van der Waals surface area contributed by atoms with Crippen molar-refractivity contribution in [2.45, 2.75) is 91.9 Å². The molecular weight excluding hydrogens is 990 g/mol. The van der Waals surface area contributed by atoms with E-state index in [2.05, 4.69) is 9.98 Å². The highest BCUT2D eigenvalue weighted by atomic mass is 35.5. The fourth-order valence-electron chi connectivity index (χ4n) is 6.72. The number of ether oxygens (including phenoxy) is 4. The molecule has 376 valence electrons. The summed E-state index contributed by atoms with van der Waals surface area (Å²) in [6, 6.07) is 14.3. The fraction of sp³-hybridized carbons (Fsp3) is 0.360. The molecule has 0 aliphatic heterocycles. The number of hydrogen-bond acceptors (Lipinski definition) is 12. The number of rotatable bonds is 26. The van der Waals surface area contributed by atoms with Crippen LogP contribution >= 0.6 is 46.4 Å². The van der Waals surface area contributed by atoms with Crippen LogP contribution in [0.25, 0.3) is 0 Å². The Balaban J connectivity index is 0.000000373. The van der Waals surface area contributed by atoms with Gasteiger partial charge < -0.3 is 40.6 Å². The number of hydrogen-bond donors (Lipinski definition) is 4. The highest BCUT2D eigenvalue weighted by Crippen LogP contribution is 2.37. The second-order valence-electron chi connectivity index (χ2n) is 15.3. The molecule has 70 heavy (non-hydrogen) atoms. The van der Waals surface area contributed by atoms with Crippen molar-refractivity contribution in [3.05, 3.63) is 116 Å². The van der Waals surface area contributed by atoms with Gasteiger partial charge in [0.2, 0.25) is 0 Å². The predicted octanol–water partition coefficient (Wildman–Crippen LogP) is 11.5. The topological polar surface area (TPSA) is 257 Å². The molecule has 16 nitrogen and oxygen atoms in total. The monoisotopic (exact) mass is 1040 g/mol. The lowest BCUT2D eigenvalue weighted by Gasteiger charge is -2.20. The van der Waals surface area contributed by atoms with E-state index in [0.717, 1.165) is 51.0 Å². The maximum atomic E-state index is 12.8. The number of halogens is 4. The van der Waals surface area contributed by atoms with Crippen molar-refractivity contribution in [3.63, 3.8) is 0 Å². The summed E-state index contributed by atoms with van der Waals surface area (Å²) in [6.45, 7) is 8.48. The molecule has 0 unspecified atom stereocenters. The van der Waals surface area contributed by atoms with Gasteiger partial charge in [0.1, 0.15) is 46.7 Å². The van der Waals surface area contributed by atoms with Crippen LogP contribution in [-0.2, 0) is 22.3 Å². The molecule has 0 radical (unpaired) electrons. The largest absolute Gasteiger partial charge is 0.478 e. The van der Waals surface area contributed by atoms with Crippen molar-refractivity contribution < 1.29 is 57.9 Å². The summed E-state index contributed by atoms with van der Waals surface area (Å²) in [5, 5.41) is 17.4. The van der Waals surface area contributed by atoms with Crippen LogP contribution in [0.5, 0.6) is 23.0 Å². The van der Waals surface area contributed by atoms with Crippen molar-refractivity contribution in [2.75, 3.05) is 25.2 Å². The van der Waals surface area contributed by atoms with Gasteiger partial charge in [-0.25, -0.2) is 19.2 Å². The summed E-state index contributed by atoms with van der Waals surface area (Å²) in [5.41, 5.74) is 13.4. The first-order valence-corrected chi connectivity index (χ1v) is 24.2. The lowest BCUT2D eigenvalue weighted by Crippen LogP contribution is -2.20. The van der Waals surface area contributed by atoms with Gasteiger partial charge >= 0.3 is 23.9 Å². The molecule has 4 aromatic rings. The normalized spacial score (nSPS) is 11.3. The molecular formula is C50H56Cl4N4O12. The van der Waals surface area contributed by atoms with Crippen molar-refractivity contribution in [1.29, 1.82) is 0 Å². The van der Waals surface area contributed by atoms with E-state index in [9.17, 15) is 39.0 Å². The number of carboxylic acid groups (broad SMARTS) is 2. The molecule has 0 aliphatic rings. The van der Waals surface area contributed by atoms with Crippen LogP contribution in [0.3, 0.4) is 0 Å². The number of esters is 2. The Labute approximate surface area is 426 Å². The van der Waals surface area contributed by atoms with Crippen LogP contribution in [0.1, 0.15) is 163 Å². The van der Waals surface area contributed by atoms with Crippen molar-refractivity contribution in [3.8, 4) is 23.0 Å². The van der Waals surface area contributed by atoms with E-state index in [4.69, 9.17) is 76.8 Å². The fourth-order valence-corrected chi connectivity index (χ4v) is 7.36. The van der Waals surface area contributed by atoms with E-state index >= 15 is 0 Å². The van der Waals surface area contributed by atoms with E-state index in [-0.39, 0.29) is 81.8 Å². The van der Waals surface area contributed by atoms with Crippen LogP contribution in [-0.4, -0.2) is 81.5 Å². The minimum absolute atomic E-state index is 0.0506. The van der Waals surface area contributed by atoms with E-state index < -0.39 is 34.4 Å². The average molecular weight is 1050 g/mol. The van der Waals surface area contributed by atoms with Crippen LogP contribution in [0.15, 0.2) is 70.6 Å². The number of aliphatic imine (C=N–C) groups is 2. The van der Waals surface area contributed by atoms with Crippen LogP contribution in [0.4, 0.5) is 0 Å². The molecule has 0 bridgehead atoms. The zero-order chi connectivity index (χ0) is 51.9. The quantitative estimate of drug-likeness (QED) is 0.00868. The lowest BCUT2D eigenvalue weighted by molar-refractivity contribution is 0.0490. The number of nitrogens with two attached hydrogens (primary N) is 2. The van der Waals surface area contributed by atoms with Gasteiger partial charge in [0.25, 0.3) is 10.5 Å². The second kappa shape index (κ2) is 29.7. The maximum Gasteiger partial charge on any atom is 0.339 e. The third-order valence-electron chi connectivity index (χ3n) is 10.3. The summed E-state index contributed by atoms with van der Waals surface area (Å²) in [6.07, 6.45) is 7.24. The van der Waals surface area contributed by atoms with Gasteiger partial charge in [0, 0.05) is 16.7 Å². The van der Waals surface area contributed by atoms with Crippen molar-refractivity contribution >= 4 is 92.4 Å². The number of aromatic carboxylic acids is 2. The number of carbonyl (C=O) groups is 6. The number of unbranched alkanes of at least 4 members (excludes halogenated alkanes) is 4. The highest BCUT2D eigenvalue weighted by Gasteiger charge is 2.27. The molecule has 0 saturated heterocycles. The molecule has 0 aliphatic carbocycles. The molecule has 0 aromatic heterocycles. The van der Waals surface area contributed by atoms with Crippen LogP contribution in [0, 0.1) is 0 Å². The molecule has 0 spiro atoms. The highest BCUT2D eigenvalue weighted by molar-refractivity contribution is 6.68. The van der Waals surface area contributed by atoms with Crippen molar-refractivity contribution in [2.24, 2.45) is 21.5 Å². The predicted molar refractivity (Wildman–Crippen MR) is 271 cm³/mol. The van der Waals surface area contributed by atoms with Gasteiger partial charge in [-0.3, -0.25) is 19.6 Å². The maximum absolute atomic E-state index is 12.8. The van der Waals surface area contributed by atoms with Gasteiger partial charge in [0.05, 0.1) is 41.0 Å². The minimum atomic E-state index is -1.37. The Bertz CT molecular complexity index is 2500. The van der Waals surface area contributed by atoms with Crippen LogP contribution in [0.2, 0.25) is 0 Å². The van der Waals surface area contributed by atoms with E-state index in [1.807, 2.05) is 27.7 Å². The summed E-state index contributed by atoms with van der Waals surface area (Å²) in [5.74, 6) is -2.75. The zero-order valence-corrected chi connectivity index (χ0v) is 42.2. The Morgan fingerprint density at radius 2 is 0.929 bits per heavy atom. The Hall–Kier alpha value is -6.20. The third kappa shape index (κ3) is 16.7. The molecule has 0 atom stereocenters. The summed E-state index contributed by atoms with van der Waals surface area (Å²) >= 11 is 22.6. The number of carboxylic acids is 2. The SMILES string of the molecule is CCCCOC(=O)c1cc(Oc2ccc(C(N)=NCCl)c(C(=O)OCCCC)c2)ccc1C(N)=NCCl.CCCCc1c(Oc2ccc(C(=O)Cl)c(C(=O)O)c2)cc(C(=O)O)c(C(=O)Cl)c1CCCC. The molecule has 4 aromatic carbocycles. The first-order valence-electron chi connectivity index (χ1n) is 22.4. The molecule has 4 rings (SSSR count). The third-order valence-corrected chi connectivity index (χ3v) is 10.9. The van der Waals surface area contributed by atoms with Gasteiger partial charge in [-0.15, -0.1) is 23.2 Å². The van der Waals surface area contributed by atoms with E-state index in [1.54, 1.807) is 24.3 Å². The number of benzene rings is 4. The number of carbonyl (C=O) groups excluding carboxylic acids is 4. The summed E-state index contributed by atoms with van der Waals surface area (Å²) in [4.78, 5) is 80.8. The van der Waals surface area contributed by atoms with E-state index in [0.29, 0.717) is 53.0 Å².